The summed E-state index contributed by atoms with van der Waals surface area (Å²) in [7, 11) is -0.683. The molecule has 0 amide bonds. The number of anilines is 1. The van der Waals surface area contributed by atoms with Crippen LogP contribution in [0, 0.1) is 20.8 Å². The second-order valence-corrected chi connectivity index (χ2v) is 7.69. The van der Waals surface area contributed by atoms with E-state index in [-0.39, 0.29) is 5.75 Å². The highest BCUT2D eigenvalue weighted by atomic mass is 32.2. The van der Waals surface area contributed by atoms with Gasteiger partial charge in [0.2, 0.25) is 0 Å². The molecule has 110 valence electrons. The van der Waals surface area contributed by atoms with Gasteiger partial charge in [-0.15, -0.1) is 0 Å². The monoisotopic (exact) mass is 315 g/mol. The Morgan fingerprint density at radius 1 is 1.15 bits per heavy atom. The van der Waals surface area contributed by atoms with E-state index in [1.54, 1.807) is 6.92 Å². The number of nitrogens with one attached hydrogen (secondary N) is 1. The topological polar surface area (TPSA) is 82.5 Å². The molecular weight excluding hydrogens is 298 g/mol. The number of rotatable bonds is 3. The first-order valence-electron chi connectivity index (χ1n) is 5.94. The van der Waals surface area contributed by atoms with Gasteiger partial charge < -0.3 is 5.11 Å². The predicted molar refractivity (Wildman–Crippen MR) is 81.7 cm³/mol. The summed E-state index contributed by atoms with van der Waals surface area (Å²) in [6.45, 7) is 5.48. The van der Waals surface area contributed by atoms with Crippen LogP contribution in [0.1, 0.15) is 16.7 Å². The maximum absolute atomic E-state index is 11.8. The SMILES string of the molecule is Cc1c(O)c(C)c2sc(NS(=O)(=O)N(C)C)nc2c1C. The van der Waals surface area contributed by atoms with E-state index >= 15 is 0 Å². The maximum Gasteiger partial charge on any atom is 0.302 e. The highest BCUT2D eigenvalue weighted by Crippen LogP contribution is 2.38. The van der Waals surface area contributed by atoms with Crippen molar-refractivity contribution >= 4 is 36.9 Å². The molecule has 1 heterocycles. The van der Waals surface area contributed by atoms with Gasteiger partial charge in [-0.25, -0.2) is 9.71 Å². The molecule has 0 unspecified atom stereocenters. The van der Waals surface area contributed by atoms with E-state index in [0.717, 1.165) is 31.2 Å². The van der Waals surface area contributed by atoms with Crippen LogP contribution < -0.4 is 4.72 Å². The van der Waals surface area contributed by atoms with E-state index in [0.29, 0.717) is 5.13 Å². The molecule has 0 spiro atoms. The number of aromatic hydroxyl groups is 1. The summed E-state index contributed by atoms with van der Waals surface area (Å²) in [5, 5.41) is 10.3. The average molecular weight is 315 g/mol. The number of thiazole rings is 1. The number of hydrogen-bond donors (Lipinski definition) is 2. The molecule has 0 aliphatic carbocycles. The Balaban J connectivity index is 2.61. The highest BCUT2D eigenvalue weighted by Gasteiger charge is 2.19. The second-order valence-electron chi connectivity index (χ2n) is 4.81. The lowest BCUT2D eigenvalue weighted by molar-refractivity contribution is 0.467. The van der Waals surface area contributed by atoms with Crippen molar-refractivity contribution in [2.45, 2.75) is 20.8 Å². The fraction of sp³-hybridized carbons (Fsp3) is 0.417. The molecular formula is C12H17N3O3S2. The lowest BCUT2D eigenvalue weighted by Crippen LogP contribution is -2.28. The third-order valence-electron chi connectivity index (χ3n) is 3.29. The quantitative estimate of drug-likeness (QED) is 0.909. The first-order chi connectivity index (χ1) is 9.15. The first kappa shape index (κ1) is 15.0. The number of hydrogen-bond acceptors (Lipinski definition) is 5. The van der Waals surface area contributed by atoms with E-state index in [9.17, 15) is 13.5 Å². The molecule has 2 rings (SSSR count). The Kier molecular flexibility index (Phi) is 3.66. The largest absolute Gasteiger partial charge is 0.507 e. The first-order valence-corrected chi connectivity index (χ1v) is 8.20. The lowest BCUT2D eigenvalue weighted by Gasteiger charge is -2.10. The van der Waals surface area contributed by atoms with Gasteiger partial charge in [-0.3, -0.25) is 0 Å². The smallest absolute Gasteiger partial charge is 0.302 e. The molecule has 20 heavy (non-hydrogen) atoms. The van der Waals surface area contributed by atoms with E-state index in [1.165, 1.54) is 25.4 Å². The van der Waals surface area contributed by atoms with Gasteiger partial charge in [-0.2, -0.15) is 12.7 Å². The zero-order valence-corrected chi connectivity index (χ0v) is 13.6. The summed E-state index contributed by atoms with van der Waals surface area (Å²) in [6, 6.07) is 0. The van der Waals surface area contributed by atoms with Crippen molar-refractivity contribution in [3.8, 4) is 5.75 Å². The van der Waals surface area contributed by atoms with Crippen LogP contribution in [0.15, 0.2) is 0 Å². The second kappa shape index (κ2) is 4.87. The van der Waals surface area contributed by atoms with Crippen LogP contribution in [0.4, 0.5) is 5.13 Å². The summed E-state index contributed by atoms with van der Waals surface area (Å²) >= 11 is 1.22. The van der Waals surface area contributed by atoms with E-state index in [2.05, 4.69) is 9.71 Å². The van der Waals surface area contributed by atoms with Crippen molar-refractivity contribution in [3.05, 3.63) is 16.7 Å². The number of phenols is 1. The predicted octanol–water partition coefficient (Wildman–Crippen LogP) is 2.15. The Hall–Kier alpha value is -1.38. The van der Waals surface area contributed by atoms with Crippen molar-refractivity contribution in [1.82, 2.24) is 9.29 Å². The van der Waals surface area contributed by atoms with Crippen molar-refractivity contribution in [3.63, 3.8) is 0 Å². The number of nitrogens with zero attached hydrogens (tertiary/aromatic N) is 2. The molecule has 0 aliphatic rings. The van der Waals surface area contributed by atoms with Gasteiger partial charge in [0, 0.05) is 19.7 Å². The van der Waals surface area contributed by atoms with Crippen molar-refractivity contribution < 1.29 is 13.5 Å². The Bertz CT molecular complexity index is 734. The number of aryl methyl sites for hydroxylation is 2. The van der Waals surface area contributed by atoms with Crippen LogP contribution in [0.5, 0.6) is 5.75 Å². The number of phenolic OH excluding ortho intramolecular Hbond substituents is 1. The van der Waals surface area contributed by atoms with Gasteiger partial charge >= 0.3 is 10.2 Å². The molecule has 0 saturated carbocycles. The van der Waals surface area contributed by atoms with Gasteiger partial charge in [0.1, 0.15) is 5.75 Å². The molecule has 0 fully saturated rings. The summed E-state index contributed by atoms with van der Waals surface area (Å²) in [6.07, 6.45) is 0. The van der Waals surface area contributed by atoms with Gasteiger partial charge in [0.05, 0.1) is 10.2 Å². The molecule has 0 bridgehead atoms. The molecule has 8 heteroatoms. The Labute approximate surface area is 122 Å². The van der Waals surface area contributed by atoms with Crippen LogP contribution in [0.2, 0.25) is 0 Å². The molecule has 6 nitrogen and oxygen atoms in total. The minimum absolute atomic E-state index is 0.237. The average Bonchev–Trinajstić information content (AvgIpc) is 2.77. The standard InChI is InChI=1S/C12H17N3O3S2/c1-6-7(2)10(16)8(3)11-9(6)13-12(19-11)14-20(17,18)15(4)5/h16H,1-5H3,(H,13,14). The third-order valence-corrected chi connectivity index (χ3v) is 5.93. The molecule has 1 aromatic heterocycles. The zero-order chi connectivity index (χ0) is 15.2. The normalized spacial score (nSPS) is 12.3. The fourth-order valence-electron chi connectivity index (χ4n) is 1.82. The van der Waals surface area contributed by atoms with Crippen molar-refractivity contribution in [2.75, 3.05) is 18.8 Å². The Morgan fingerprint density at radius 3 is 2.30 bits per heavy atom. The minimum Gasteiger partial charge on any atom is -0.507 e. The molecule has 0 atom stereocenters. The van der Waals surface area contributed by atoms with Crippen LogP contribution in [-0.2, 0) is 10.2 Å². The van der Waals surface area contributed by atoms with Crippen molar-refractivity contribution in [1.29, 1.82) is 0 Å². The van der Waals surface area contributed by atoms with Crippen LogP contribution in [-0.4, -0.2) is 36.9 Å². The highest BCUT2D eigenvalue weighted by molar-refractivity contribution is 7.90. The Morgan fingerprint density at radius 2 is 1.75 bits per heavy atom. The van der Waals surface area contributed by atoms with Gasteiger partial charge in [-0.1, -0.05) is 11.3 Å². The van der Waals surface area contributed by atoms with E-state index in [4.69, 9.17) is 0 Å². The number of benzene rings is 1. The molecule has 0 aliphatic heterocycles. The van der Waals surface area contributed by atoms with Gasteiger partial charge in [-0.05, 0) is 31.9 Å². The molecule has 2 aromatic rings. The molecule has 1 aromatic carbocycles. The molecule has 2 N–H and O–H groups in total. The minimum atomic E-state index is -3.58. The van der Waals surface area contributed by atoms with Crippen LogP contribution >= 0.6 is 11.3 Å². The number of aromatic nitrogens is 1. The molecule has 0 saturated heterocycles. The van der Waals surface area contributed by atoms with Crippen molar-refractivity contribution in [2.24, 2.45) is 0 Å². The van der Waals surface area contributed by atoms with Gasteiger partial charge in [0.15, 0.2) is 5.13 Å². The lowest BCUT2D eigenvalue weighted by atomic mass is 10.0. The van der Waals surface area contributed by atoms with Gasteiger partial charge in [0.25, 0.3) is 0 Å². The van der Waals surface area contributed by atoms with Crippen LogP contribution in [0.25, 0.3) is 10.2 Å². The summed E-state index contributed by atoms with van der Waals surface area (Å²) in [4.78, 5) is 4.33. The summed E-state index contributed by atoms with van der Waals surface area (Å²) in [5.74, 6) is 0.237. The maximum atomic E-state index is 11.8. The molecule has 0 radical (unpaired) electrons. The third kappa shape index (κ3) is 2.34. The van der Waals surface area contributed by atoms with E-state index < -0.39 is 10.2 Å². The number of fused-ring (bicyclic) bond motifs is 1. The van der Waals surface area contributed by atoms with Crippen LogP contribution in [0.3, 0.4) is 0 Å². The summed E-state index contributed by atoms with van der Waals surface area (Å²) in [5.41, 5.74) is 3.06. The van der Waals surface area contributed by atoms with E-state index in [1.807, 2.05) is 13.8 Å². The summed E-state index contributed by atoms with van der Waals surface area (Å²) < 4.78 is 27.9. The fourth-order valence-corrected chi connectivity index (χ4v) is 3.62. The zero-order valence-electron chi connectivity index (χ0n) is 12.0.